The van der Waals surface area contributed by atoms with Gasteiger partial charge in [-0.1, -0.05) is 0 Å². The standard InChI is InChI=1S/C10H14BrN3S.ClH/c11-9-3-13-10(15-9)6-14-4-7-1-12-2-8(7)5-14;/h3,7-8,12H,1-2,4-6H2;1H/t7-,8+;. The first kappa shape index (κ1) is 12.8. The molecule has 1 N–H and O–H groups in total. The van der Waals surface area contributed by atoms with Crippen molar-refractivity contribution in [2.45, 2.75) is 6.54 Å². The van der Waals surface area contributed by atoms with E-state index >= 15 is 0 Å². The number of fused-ring (bicyclic) bond motifs is 1. The molecular formula is C10H15BrClN3S. The molecule has 3 heterocycles. The predicted octanol–water partition coefficient (Wildman–Crippen LogP) is 1.98. The van der Waals surface area contributed by atoms with E-state index in [0.29, 0.717) is 0 Å². The summed E-state index contributed by atoms with van der Waals surface area (Å²) in [4.78, 5) is 6.93. The number of hydrogen-bond acceptors (Lipinski definition) is 4. The molecule has 90 valence electrons. The fraction of sp³-hybridized carbons (Fsp3) is 0.700. The summed E-state index contributed by atoms with van der Waals surface area (Å²) in [6, 6.07) is 0. The predicted molar refractivity (Wildman–Crippen MR) is 72.2 cm³/mol. The second-order valence-electron chi connectivity index (χ2n) is 4.43. The number of rotatable bonds is 2. The first-order valence-corrected chi connectivity index (χ1v) is 6.95. The van der Waals surface area contributed by atoms with Gasteiger partial charge < -0.3 is 5.32 Å². The summed E-state index contributed by atoms with van der Waals surface area (Å²) in [5.41, 5.74) is 0. The van der Waals surface area contributed by atoms with Crippen molar-refractivity contribution in [3.63, 3.8) is 0 Å². The van der Waals surface area contributed by atoms with Gasteiger partial charge in [-0.2, -0.15) is 0 Å². The fourth-order valence-corrected chi connectivity index (χ4v) is 3.98. The maximum Gasteiger partial charge on any atom is 0.108 e. The van der Waals surface area contributed by atoms with E-state index in [1.54, 1.807) is 11.3 Å². The molecule has 3 nitrogen and oxygen atoms in total. The van der Waals surface area contributed by atoms with Crippen LogP contribution < -0.4 is 5.32 Å². The van der Waals surface area contributed by atoms with Gasteiger partial charge in [0.15, 0.2) is 0 Å². The number of likely N-dealkylation sites (tertiary alicyclic amines) is 1. The zero-order chi connectivity index (χ0) is 10.3. The molecule has 0 unspecified atom stereocenters. The molecule has 0 saturated carbocycles. The first-order valence-electron chi connectivity index (χ1n) is 5.34. The molecule has 2 fully saturated rings. The van der Waals surface area contributed by atoms with Crippen LogP contribution in [0.1, 0.15) is 5.01 Å². The molecule has 0 radical (unpaired) electrons. The highest BCUT2D eigenvalue weighted by atomic mass is 79.9. The molecule has 0 spiro atoms. The highest BCUT2D eigenvalue weighted by Crippen LogP contribution is 2.28. The van der Waals surface area contributed by atoms with Crippen LogP contribution in [0.25, 0.3) is 0 Å². The van der Waals surface area contributed by atoms with Crippen LogP contribution in [0.5, 0.6) is 0 Å². The third-order valence-corrected chi connectivity index (χ3v) is 4.81. The van der Waals surface area contributed by atoms with Crippen molar-refractivity contribution >= 4 is 39.7 Å². The van der Waals surface area contributed by atoms with Gasteiger partial charge in [0.2, 0.25) is 0 Å². The molecule has 2 atom stereocenters. The van der Waals surface area contributed by atoms with Gasteiger partial charge in [-0.15, -0.1) is 23.7 Å². The van der Waals surface area contributed by atoms with E-state index in [-0.39, 0.29) is 12.4 Å². The monoisotopic (exact) mass is 323 g/mol. The number of halogens is 2. The zero-order valence-corrected chi connectivity index (χ0v) is 12.1. The fourth-order valence-electron chi connectivity index (χ4n) is 2.63. The minimum atomic E-state index is 0. The van der Waals surface area contributed by atoms with Crippen LogP contribution in [0.4, 0.5) is 0 Å². The number of thiazole rings is 1. The Morgan fingerprint density at radius 2 is 2.12 bits per heavy atom. The lowest BCUT2D eigenvalue weighted by Gasteiger charge is -2.14. The van der Waals surface area contributed by atoms with Crippen molar-refractivity contribution < 1.29 is 0 Å². The summed E-state index contributed by atoms with van der Waals surface area (Å²) in [7, 11) is 0. The van der Waals surface area contributed by atoms with Crippen molar-refractivity contribution in [1.29, 1.82) is 0 Å². The highest BCUT2D eigenvalue weighted by molar-refractivity contribution is 9.11. The molecular weight excluding hydrogens is 310 g/mol. The Hall–Kier alpha value is 0.320. The summed E-state index contributed by atoms with van der Waals surface area (Å²) in [6.07, 6.45) is 1.90. The lowest BCUT2D eigenvalue weighted by atomic mass is 10.0. The molecule has 0 bridgehead atoms. The molecule has 2 saturated heterocycles. The maximum absolute atomic E-state index is 4.39. The average molecular weight is 325 g/mol. The van der Waals surface area contributed by atoms with Crippen LogP contribution in [-0.2, 0) is 6.54 Å². The molecule has 0 aliphatic carbocycles. The second kappa shape index (κ2) is 5.31. The molecule has 16 heavy (non-hydrogen) atoms. The van der Waals surface area contributed by atoms with E-state index in [1.165, 1.54) is 31.2 Å². The van der Waals surface area contributed by atoms with E-state index in [4.69, 9.17) is 0 Å². The molecule has 2 aliphatic heterocycles. The van der Waals surface area contributed by atoms with Crippen molar-refractivity contribution in [1.82, 2.24) is 15.2 Å². The van der Waals surface area contributed by atoms with Gasteiger partial charge in [0.05, 0.1) is 16.5 Å². The van der Waals surface area contributed by atoms with Gasteiger partial charge in [0.1, 0.15) is 5.01 Å². The topological polar surface area (TPSA) is 28.2 Å². The van der Waals surface area contributed by atoms with Crippen LogP contribution in [0.15, 0.2) is 9.98 Å². The Bertz CT molecular complexity index is 348. The highest BCUT2D eigenvalue weighted by Gasteiger charge is 2.35. The van der Waals surface area contributed by atoms with Crippen molar-refractivity contribution in [2.75, 3.05) is 26.2 Å². The Balaban J connectivity index is 0.000000963. The number of hydrogen-bond donors (Lipinski definition) is 1. The number of nitrogens with one attached hydrogen (secondary N) is 1. The molecule has 0 amide bonds. The van der Waals surface area contributed by atoms with Gasteiger partial charge >= 0.3 is 0 Å². The van der Waals surface area contributed by atoms with Gasteiger partial charge in [-0.3, -0.25) is 4.90 Å². The molecule has 0 aromatic carbocycles. The number of nitrogens with zero attached hydrogens (tertiary/aromatic N) is 2. The third-order valence-electron chi connectivity index (χ3n) is 3.35. The lowest BCUT2D eigenvalue weighted by molar-refractivity contribution is 0.305. The minimum Gasteiger partial charge on any atom is -0.316 e. The van der Waals surface area contributed by atoms with Gasteiger partial charge in [-0.05, 0) is 40.9 Å². The van der Waals surface area contributed by atoms with Crippen LogP contribution in [0, 0.1) is 11.8 Å². The molecule has 6 heteroatoms. The Morgan fingerprint density at radius 3 is 2.69 bits per heavy atom. The molecule has 1 aromatic rings. The summed E-state index contributed by atoms with van der Waals surface area (Å²) >= 11 is 5.21. The lowest BCUT2D eigenvalue weighted by Crippen LogP contribution is -2.25. The second-order valence-corrected chi connectivity index (χ2v) is 6.93. The van der Waals surface area contributed by atoms with E-state index in [9.17, 15) is 0 Å². The zero-order valence-electron chi connectivity index (χ0n) is 8.86. The van der Waals surface area contributed by atoms with Crippen molar-refractivity contribution in [3.8, 4) is 0 Å². The summed E-state index contributed by atoms with van der Waals surface area (Å²) in [5.74, 6) is 1.77. The molecule has 2 aliphatic rings. The van der Waals surface area contributed by atoms with Gasteiger partial charge in [0.25, 0.3) is 0 Å². The van der Waals surface area contributed by atoms with Crippen LogP contribution in [0.3, 0.4) is 0 Å². The Labute approximate surface area is 114 Å². The van der Waals surface area contributed by atoms with Crippen LogP contribution >= 0.6 is 39.7 Å². The summed E-state index contributed by atoms with van der Waals surface area (Å²) in [6.45, 7) is 5.94. The largest absolute Gasteiger partial charge is 0.316 e. The SMILES string of the molecule is Brc1cnc(CN2C[C@H]3CNC[C@H]3C2)s1.Cl. The summed E-state index contributed by atoms with van der Waals surface area (Å²) in [5, 5.41) is 4.70. The van der Waals surface area contributed by atoms with E-state index in [0.717, 1.165) is 22.2 Å². The van der Waals surface area contributed by atoms with E-state index in [2.05, 4.69) is 31.1 Å². The molecule has 1 aromatic heterocycles. The van der Waals surface area contributed by atoms with Gasteiger partial charge in [-0.25, -0.2) is 4.98 Å². The van der Waals surface area contributed by atoms with Gasteiger partial charge in [0, 0.05) is 13.1 Å². The van der Waals surface area contributed by atoms with Crippen LogP contribution in [0.2, 0.25) is 0 Å². The minimum absolute atomic E-state index is 0. The third kappa shape index (κ3) is 2.59. The van der Waals surface area contributed by atoms with Crippen molar-refractivity contribution in [3.05, 3.63) is 15.0 Å². The Morgan fingerprint density at radius 1 is 1.44 bits per heavy atom. The van der Waals surface area contributed by atoms with Crippen LogP contribution in [-0.4, -0.2) is 36.1 Å². The normalized spacial score (nSPS) is 29.1. The Kier molecular flexibility index (Phi) is 4.24. The summed E-state index contributed by atoms with van der Waals surface area (Å²) < 4.78 is 1.14. The molecule has 3 rings (SSSR count). The van der Waals surface area contributed by atoms with E-state index in [1.807, 2.05) is 6.20 Å². The smallest absolute Gasteiger partial charge is 0.108 e. The first-order chi connectivity index (χ1) is 7.31. The quantitative estimate of drug-likeness (QED) is 0.901. The number of aromatic nitrogens is 1. The van der Waals surface area contributed by atoms with E-state index < -0.39 is 0 Å². The van der Waals surface area contributed by atoms with Crippen molar-refractivity contribution in [2.24, 2.45) is 11.8 Å². The maximum atomic E-state index is 4.39. The average Bonchev–Trinajstić information content (AvgIpc) is 2.81.